The van der Waals surface area contributed by atoms with Crippen LogP contribution in [0.15, 0.2) is 198 Å². The van der Waals surface area contributed by atoms with Crippen LogP contribution < -0.4 is 26.2 Å². The molecule has 62 heavy (non-hydrogen) atoms. The SMILES string of the molecule is Cc1cc2c3c(c1)[C@@H]1Cc4c(cccc4C4=C(c5ccc(N(c6ccccc6)c6ccccc6)cc5C4(C)C)[C@H]1C)B3c1ccc(N(c3ccccc3)c3ccccc3)cc1S2. The fraction of sp³-hybridized carbons (Fsp3) is 0.138. The van der Waals surface area contributed by atoms with Crippen molar-refractivity contribution in [2.45, 2.75) is 55.2 Å². The Kier molecular flexibility index (Phi) is 8.60. The third kappa shape index (κ3) is 5.66. The summed E-state index contributed by atoms with van der Waals surface area (Å²) in [6, 6.07) is 70.1. The maximum absolute atomic E-state index is 2.55. The molecule has 0 spiro atoms. The van der Waals surface area contributed by atoms with Gasteiger partial charge in [0, 0.05) is 49.3 Å². The summed E-state index contributed by atoms with van der Waals surface area (Å²) in [6.07, 6.45) is 1.04. The average molecular weight is 815 g/mol. The molecule has 0 N–H and O–H groups in total. The van der Waals surface area contributed by atoms with Crippen molar-refractivity contribution in [2.75, 3.05) is 9.80 Å². The van der Waals surface area contributed by atoms with Gasteiger partial charge in [0.25, 0.3) is 0 Å². The first-order valence-corrected chi connectivity index (χ1v) is 22.9. The molecule has 0 aromatic heterocycles. The Morgan fingerprint density at radius 1 is 0.532 bits per heavy atom. The smallest absolute Gasteiger partial charge is 0.244 e. The fourth-order valence-corrected chi connectivity index (χ4v) is 12.9. The van der Waals surface area contributed by atoms with Crippen LogP contribution >= 0.6 is 11.8 Å². The van der Waals surface area contributed by atoms with E-state index in [9.17, 15) is 0 Å². The monoisotopic (exact) mass is 814 g/mol. The number of aryl methyl sites for hydroxylation is 1. The molecule has 0 saturated carbocycles. The van der Waals surface area contributed by atoms with Gasteiger partial charge in [-0.2, -0.15) is 0 Å². The van der Waals surface area contributed by atoms with E-state index in [4.69, 9.17) is 0 Å². The van der Waals surface area contributed by atoms with Crippen LogP contribution in [-0.2, 0) is 11.8 Å². The second-order valence-electron chi connectivity index (χ2n) is 18.2. The molecule has 2 bridgehead atoms. The van der Waals surface area contributed by atoms with Crippen LogP contribution in [0.5, 0.6) is 0 Å². The van der Waals surface area contributed by atoms with Crippen molar-refractivity contribution in [3.63, 3.8) is 0 Å². The van der Waals surface area contributed by atoms with Gasteiger partial charge in [-0.25, -0.2) is 0 Å². The first-order valence-electron chi connectivity index (χ1n) is 22.1. The molecule has 4 heteroatoms. The molecule has 298 valence electrons. The number of rotatable bonds is 6. The van der Waals surface area contributed by atoms with E-state index in [-0.39, 0.29) is 12.1 Å². The topological polar surface area (TPSA) is 6.48 Å². The predicted molar refractivity (Wildman–Crippen MR) is 264 cm³/mol. The second kappa shape index (κ2) is 14.3. The Balaban J connectivity index is 1.03. The van der Waals surface area contributed by atoms with Crippen LogP contribution in [0.2, 0.25) is 0 Å². The minimum Gasteiger partial charge on any atom is -0.310 e. The zero-order valence-corrected chi connectivity index (χ0v) is 36.5. The van der Waals surface area contributed by atoms with E-state index in [1.807, 2.05) is 11.8 Å². The molecule has 4 aliphatic rings. The lowest BCUT2D eigenvalue weighted by Gasteiger charge is -2.33. The first-order chi connectivity index (χ1) is 30.3. The number of nitrogens with zero attached hydrogens (tertiary/aromatic N) is 2. The van der Waals surface area contributed by atoms with E-state index >= 15 is 0 Å². The lowest BCUT2D eigenvalue weighted by atomic mass is 9.35. The van der Waals surface area contributed by atoms with E-state index in [1.54, 1.807) is 0 Å². The van der Waals surface area contributed by atoms with Crippen molar-refractivity contribution >= 4 is 80.1 Å². The first kappa shape index (κ1) is 37.3. The van der Waals surface area contributed by atoms with Gasteiger partial charge in [-0.1, -0.05) is 158 Å². The van der Waals surface area contributed by atoms with Crippen molar-refractivity contribution in [3.05, 3.63) is 221 Å². The summed E-state index contributed by atoms with van der Waals surface area (Å²) in [6.45, 7) is 9.97. The van der Waals surface area contributed by atoms with Crippen molar-refractivity contribution < 1.29 is 0 Å². The van der Waals surface area contributed by atoms with E-state index < -0.39 is 0 Å². The molecule has 2 heterocycles. The molecular weight excluding hydrogens is 768 g/mol. The van der Waals surface area contributed by atoms with E-state index in [0.29, 0.717) is 11.8 Å². The highest BCUT2D eigenvalue weighted by atomic mass is 32.2. The summed E-state index contributed by atoms with van der Waals surface area (Å²) >= 11 is 1.97. The number of para-hydroxylation sites is 4. The van der Waals surface area contributed by atoms with E-state index in [1.165, 1.54) is 82.1 Å². The molecule has 0 radical (unpaired) electrons. The maximum atomic E-state index is 2.55. The van der Waals surface area contributed by atoms with Gasteiger partial charge in [-0.3, -0.25) is 0 Å². The third-order valence-corrected chi connectivity index (χ3v) is 15.4. The Morgan fingerprint density at radius 2 is 1.10 bits per heavy atom. The highest BCUT2D eigenvalue weighted by molar-refractivity contribution is 8.00. The molecule has 0 saturated heterocycles. The largest absolute Gasteiger partial charge is 0.310 e. The van der Waals surface area contributed by atoms with E-state index in [2.05, 4.69) is 226 Å². The van der Waals surface area contributed by atoms with Crippen LogP contribution in [0.25, 0.3) is 11.1 Å². The minimum atomic E-state index is -0.205. The molecule has 8 aromatic rings. The zero-order valence-electron chi connectivity index (χ0n) is 35.6. The quantitative estimate of drug-likeness (QED) is 0.154. The fourth-order valence-electron chi connectivity index (χ4n) is 11.6. The highest BCUT2D eigenvalue weighted by Gasteiger charge is 2.48. The van der Waals surface area contributed by atoms with Crippen LogP contribution in [0.3, 0.4) is 0 Å². The van der Waals surface area contributed by atoms with Gasteiger partial charge in [0.15, 0.2) is 0 Å². The zero-order chi connectivity index (χ0) is 41.7. The second-order valence-corrected chi connectivity index (χ2v) is 19.2. The number of benzene rings is 8. The van der Waals surface area contributed by atoms with Crippen LogP contribution in [0, 0.1) is 12.8 Å². The van der Waals surface area contributed by atoms with Gasteiger partial charge in [-0.05, 0) is 149 Å². The van der Waals surface area contributed by atoms with Crippen LogP contribution in [0.1, 0.15) is 60.1 Å². The van der Waals surface area contributed by atoms with Gasteiger partial charge >= 0.3 is 0 Å². The number of hydrogen-bond donors (Lipinski definition) is 0. The summed E-state index contributed by atoms with van der Waals surface area (Å²) in [5.41, 5.74) is 23.0. The lowest BCUT2D eigenvalue weighted by molar-refractivity contribution is 0.564. The Labute approximate surface area is 370 Å². The number of allylic oxidation sites excluding steroid dienone is 2. The maximum Gasteiger partial charge on any atom is 0.244 e. The summed E-state index contributed by atoms with van der Waals surface area (Å²) in [7, 11) is 0. The van der Waals surface area contributed by atoms with Crippen molar-refractivity contribution in [3.8, 4) is 0 Å². The molecule has 8 aromatic carbocycles. The molecule has 0 amide bonds. The molecule has 2 atom stereocenters. The number of anilines is 6. The van der Waals surface area contributed by atoms with Crippen molar-refractivity contribution in [1.29, 1.82) is 0 Å². The molecule has 2 aliphatic carbocycles. The standard InChI is InChI=1S/C58H47BN2S/c1-37-32-49-47-36-48-45(56-55(38(47)2)46-30-28-43(34-50(46)58(56,3)4)60(39-18-9-5-10-19-39)40-20-11-6-12-21-40)26-17-27-51(48)59-52-31-29-44(35-53(52)62-54(33-37)57(49)59)61(41-22-13-7-14-23-41)42-24-15-8-16-25-42/h5-35,38,47H,36H2,1-4H3/t38-,47+/m0/s1. The Hall–Kier alpha value is -6.49. The van der Waals surface area contributed by atoms with Gasteiger partial charge < -0.3 is 9.80 Å². The Morgan fingerprint density at radius 3 is 1.69 bits per heavy atom. The highest BCUT2D eigenvalue weighted by Crippen LogP contribution is 2.59. The molecule has 0 unspecified atom stereocenters. The lowest BCUT2D eigenvalue weighted by Crippen LogP contribution is -2.56. The normalized spacial score (nSPS) is 17.3. The third-order valence-electron chi connectivity index (χ3n) is 14.2. The predicted octanol–water partition coefficient (Wildman–Crippen LogP) is 13.4. The van der Waals surface area contributed by atoms with Gasteiger partial charge in [0.1, 0.15) is 0 Å². The molecule has 2 aliphatic heterocycles. The number of fused-ring (bicyclic) bond motifs is 8. The van der Waals surface area contributed by atoms with Gasteiger partial charge in [0.05, 0.1) is 0 Å². The average Bonchev–Trinajstić information content (AvgIpc) is 3.37. The molecule has 0 fully saturated rings. The molecular formula is C58H47BN2S. The van der Waals surface area contributed by atoms with E-state index in [0.717, 1.165) is 29.2 Å². The molecule has 12 rings (SSSR count). The van der Waals surface area contributed by atoms with Crippen molar-refractivity contribution in [1.82, 2.24) is 0 Å². The van der Waals surface area contributed by atoms with Crippen LogP contribution in [0.4, 0.5) is 34.1 Å². The van der Waals surface area contributed by atoms with Crippen molar-refractivity contribution in [2.24, 2.45) is 5.92 Å². The van der Waals surface area contributed by atoms with Crippen LogP contribution in [-0.4, -0.2) is 6.71 Å². The Bertz CT molecular complexity index is 3010. The number of hydrogen-bond acceptors (Lipinski definition) is 3. The molecule has 2 nitrogen and oxygen atoms in total. The van der Waals surface area contributed by atoms with Gasteiger partial charge in [0.2, 0.25) is 6.71 Å². The summed E-state index contributed by atoms with van der Waals surface area (Å²) in [5.74, 6) is 0.667. The summed E-state index contributed by atoms with van der Waals surface area (Å²) < 4.78 is 0. The summed E-state index contributed by atoms with van der Waals surface area (Å²) in [4.78, 5) is 7.55. The summed E-state index contributed by atoms with van der Waals surface area (Å²) in [5, 5.41) is 0. The van der Waals surface area contributed by atoms with Gasteiger partial charge in [-0.15, -0.1) is 0 Å². The minimum absolute atomic E-state index is 0.158.